The summed E-state index contributed by atoms with van der Waals surface area (Å²) < 4.78 is 0. The maximum Gasteiger partial charge on any atom is 0.242 e. The maximum atomic E-state index is 11.9. The fraction of sp³-hybridized carbons (Fsp3) is 0.615. The third-order valence-corrected chi connectivity index (χ3v) is 3.28. The van der Waals surface area contributed by atoms with E-state index in [1.165, 1.54) is 0 Å². The normalized spacial score (nSPS) is 19.7. The number of carbonyl (C=O) groups is 1. The van der Waals surface area contributed by atoms with E-state index in [4.69, 9.17) is 5.73 Å². The smallest absolute Gasteiger partial charge is 0.242 e. The molecular weight excluding hydrogens is 242 g/mol. The Morgan fingerprint density at radius 3 is 2.89 bits per heavy atom. The van der Waals surface area contributed by atoms with Crippen molar-refractivity contribution in [3.8, 4) is 0 Å². The first kappa shape index (κ1) is 13.6. The molecule has 1 unspecified atom stereocenters. The maximum absolute atomic E-state index is 11.9. The van der Waals surface area contributed by atoms with Gasteiger partial charge in [-0.15, -0.1) is 0 Å². The average Bonchev–Trinajstić information content (AvgIpc) is 2.37. The highest BCUT2D eigenvalue weighted by atomic mass is 16.2. The Kier molecular flexibility index (Phi) is 3.87. The van der Waals surface area contributed by atoms with Gasteiger partial charge in [-0.2, -0.15) is 0 Å². The number of hydrogen-bond acceptors (Lipinski definition) is 5. The van der Waals surface area contributed by atoms with Crippen molar-refractivity contribution in [3.05, 3.63) is 11.9 Å². The Bertz CT molecular complexity index is 474. The van der Waals surface area contributed by atoms with Crippen LogP contribution in [0.2, 0.25) is 0 Å². The number of anilines is 2. The molecule has 2 rings (SSSR count). The molecule has 6 heteroatoms. The molecule has 3 N–H and O–H groups in total. The van der Waals surface area contributed by atoms with Gasteiger partial charge in [-0.3, -0.25) is 4.79 Å². The van der Waals surface area contributed by atoms with Gasteiger partial charge in [0.25, 0.3) is 0 Å². The Morgan fingerprint density at radius 2 is 2.26 bits per heavy atom. The van der Waals surface area contributed by atoms with Crippen LogP contribution < -0.4 is 16.0 Å². The molecule has 2 heterocycles. The summed E-state index contributed by atoms with van der Waals surface area (Å²) in [6.45, 7) is 7.43. The lowest BCUT2D eigenvalue weighted by atomic mass is 10.1. The van der Waals surface area contributed by atoms with Crippen LogP contribution in [0.15, 0.2) is 6.07 Å². The minimum atomic E-state index is -0.178. The lowest BCUT2D eigenvalue weighted by Gasteiger charge is -2.35. The van der Waals surface area contributed by atoms with Crippen LogP contribution in [-0.4, -0.2) is 35.0 Å². The van der Waals surface area contributed by atoms with Gasteiger partial charge in [0.2, 0.25) is 5.91 Å². The van der Waals surface area contributed by atoms with E-state index in [-0.39, 0.29) is 17.9 Å². The summed E-state index contributed by atoms with van der Waals surface area (Å²) in [6.07, 6.45) is 0.743. The molecule has 1 aliphatic rings. The number of nitrogens with two attached hydrogens (primary N) is 1. The topological polar surface area (TPSA) is 84.1 Å². The van der Waals surface area contributed by atoms with Crippen molar-refractivity contribution in [2.75, 3.05) is 23.7 Å². The van der Waals surface area contributed by atoms with E-state index in [9.17, 15) is 4.79 Å². The third-order valence-electron chi connectivity index (χ3n) is 3.28. The molecule has 1 amide bonds. The molecule has 104 valence electrons. The Labute approximate surface area is 113 Å². The minimum Gasteiger partial charge on any atom is -0.384 e. The average molecular weight is 263 g/mol. The van der Waals surface area contributed by atoms with Gasteiger partial charge in [-0.05, 0) is 6.42 Å². The monoisotopic (exact) mass is 263 g/mol. The van der Waals surface area contributed by atoms with E-state index < -0.39 is 0 Å². The van der Waals surface area contributed by atoms with E-state index in [1.807, 2.05) is 25.7 Å². The number of rotatable bonds is 3. The van der Waals surface area contributed by atoms with Crippen molar-refractivity contribution >= 4 is 17.5 Å². The fourth-order valence-corrected chi connectivity index (χ4v) is 2.27. The first-order chi connectivity index (χ1) is 9.02. The zero-order valence-electron chi connectivity index (χ0n) is 11.7. The lowest BCUT2D eigenvalue weighted by molar-refractivity contribution is -0.123. The summed E-state index contributed by atoms with van der Waals surface area (Å²) in [7, 11) is 0. The summed E-state index contributed by atoms with van der Waals surface area (Å²) >= 11 is 0. The molecule has 19 heavy (non-hydrogen) atoms. The zero-order valence-corrected chi connectivity index (χ0v) is 11.7. The van der Waals surface area contributed by atoms with Gasteiger partial charge < -0.3 is 16.0 Å². The van der Waals surface area contributed by atoms with Crippen molar-refractivity contribution in [2.45, 2.75) is 39.2 Å². The number of nitrogens with one attached hydrogen (secondary N) is 1. The lowest BCUT2D eigenvalue weighted by Crippen LogP contribution is -2.55. The summed E-state index contributed by atoms with van der Waals surface area (Å²) in [6, 6.07) is 1.57. The van der Waals surface area contributed by atoms with Gasteiger partial charge >= 0.3 is 0 Å². The minimum absolute atomic E-state index is 0.0528. The number of nitrogens with zero attached hydrogens (tertiary/aromatic N) is 3. The molecule has 0 saturated carbocycles. The number of carbonyl (C=O) groups excluding carboxylic acids is 1. The number of amides is 1. The van der Waals surface area contributed by atoms with Crippen molar-refractivity contribution < 1.29 is 4.79 Å². The zero-order chi connectivity index (χ0) is 14.0. The van der Waals surface area contributed by atoms with Gasteiger partial charge in [-0.25, -0.2) is 9.97 Å². The van der Waals surface area contributed by atoms with Gasteiger partial charge in [0.1, 0.15) is 23.5 Å². The largest absolute Gasteiger partial charge is 0.384 e. The van der Waals surface area contributed by atoms with E-state index in [0.29, 0.717) is 12.4 Å². The molecule has 1 fully saturated rings. The molecule has 0 bridgehead atoms. The van der Waals surface area contributed by atoms with Crippen LogP contribution in [0.25, 0.3) is 0 Å². The van der Waals surface area contributed by atoms with E-state index in [1.54, 1.807) is 6.07 Å². The second kappa shape index (κ2) is 5.42. The van der Waals surface area contributed by atoms with Gasteiger partial charge in [0.05, 0.1) is 0 Å². The van der Waals surface area contributed by atoms with Gasteiger partial charge in [0, 0.05) is 25.1 Å². The molecule has 1 aliphatic heterocycles. The highest BCUT2D eigenvalue weighted by molar-refractivity contribution is 5.86. The fourth-order valence-electron chi connectivity index (χ4n) is 2.27. The van der Waals surface area contributed by atoms with Crippen LogP contribution in [0.4, 0.5) is 11.6 Å². The van der Waals surface area contributed by atoms with E-state index in [0.717, 1.165) is 24.6 Å². The number of aromatic nitrogens is 2. The molecule has 1 saturated heterocycles. The molecule has 0 aliphatic carbocycles. The third kappa shape index (κ3) is 2.77. The highest BCUT2D eigenvalue weighted by Crippen LogP contribution is 2.22. The Balaban J connectivity index is 2.36. The van der Waals surface area contributed by atoms with Crippen molar-refractivity contribution in [1.82, 2.24) is 15.3 Å². The summed E-state index contributed by atoms with van der Waals surface area (Å²) in [5.74, 6) is 2.18. The van der Waals surface area contributed by atoms with Crippen LogP contribution in [-0.2, 0) is 4.79 Å². The van der Waals surface area contributed by atoms with Gasteiger partial charge in [0.15, 0.2) is 0 Å². The van der Waals surface area contributed by atoms with Crippen LogP contribution in [0.3, 0.4) is 0 Å². The SMILES string of the molecule is CCC1C(=O)NCCN1c1cc(N)nc(C(C)C)n1. The first-order valence-corrected chi connectivity index (χ1v) is 6.71. The second-order valence-electron chi connectivity index (χ2n) is 5.07. The van der Waals surface area contributed by atoms with Crippen LogP contribution in [0.5, 0.6) is 0 Å². The Hall–Kier alpha value is -1.85. The molecule has 6 nitrogen and oxygen atoms in total. The van der Waals surface area contributed by atoms with Crippen LogP contribution >= 0.6 is 0 Å². The number of nitrogen functional groups attached to an aromatic ring is 1. The highest BCUT2D eigenvalue weighted by Gasteiger charge is 2.29. The van der Waals surface area contributed by atoms with Crippen LogP contribution in [0.1, 0.15) is 38.9 Å². The van der Waals surface area contributed by atoms with Crippen molar-refractivity contribution in [1.29, 1.82) is 0 Å². The molecule has 1 atom stereocenters. The molecule has 0 aromatic carbocycles. The molecule has 0 radical (unpaired) electrons. The number of hydrogen-bond donors (Lipinski definition) is 2. The van der Waals surface area contributed by atoms with E-state index in [2.05, 4.69) is 15.3 Å². The molecule has 1 aromatic rings. The summed E-state index contributed by atoms with van der Waals surface area (Å²) in [4.78, 5) is 22.7. The number of piperazine rings is 1. The standard InChI is InChI=1S/C13H21N5O/c1-4-9-13(19)15-5-6-18(9)11-7-10(14)16-12(17-11)8(2)3/h7-9H,4-6H2,1-3H3,(H,15,19)(H2,14,16,17). The first-order valence-electron chi connectivity index (χ1n) is 6.71. The molecule has 1 aromatic heterocycles. The second-order valence-corrected chi connectivity index (χ2v) is 5.07. The predicted octanol–water partition coefficient (Wildman–Crippen LogP) is 0.897. The summed E-state index contributed by atoms with van der Waals surface area (Å²) in [5.41, 5.74) is 5.85. The van der Waals surface area contributed by atoms with Crippen LogP contribution in [0, 0.1) is 0 Å². The Morgan fingerprint density at radius 1 is 1.53 bits per heavy atom. The quantitative estimate of drug-likeness (QED) is 0.846. The summed E-state index contributed by atoms with van der Waals surface area (Å²) in [5, 5.41) is 2.88. The predicted molar refractivity (Wildman–Crippen MR) is 75.0 cm³/mol. The van der Waals surface area contributed by atoms with E-state index >= 15 is 0 Å². The van der Waals surface area contributed by atoms with Crippen molar-refractivity contribution in [2.24, 2.45) is 0 Å². The molecular formula is C13H21N5O. The van der Waals surface area contributed by atoms with Crippen molar-refractivity contribution in [3.63, 3.8) is 0 Å². The molecule has 0 spiro atoms. The van der Waals surface area contributed by atoms with Gasteiger partial charge in [-0.1, -0.05) is 20.8 Å².